The van der Waals surface area contributed by atoms with Crippen LogP contribution in [0.15, 0.2) is 42.5 Å². The number of esters is 1. The van der Waals surface area contributed by atoms with Gasteiger partial charge in [-0.3, -0.25) is 9.69 Å². The van der Waals surface area contributed by atoms with Crippen LogP contribution >= 0.6 is 0 Å². The lowest BCUT2D eigenvalue weighted by Gasteiger charge is -2.50. The molecule has 3 aliphatic rings. The molecule has 0 saturated carbocycles. The lowest BCUT2D eigenvalue weighted by molar-refractivity contribution is -0.156. The van der Waals surface area contributed by atoms with Crippen LogP contribution in [-0.2, 0) is 22.4 Å². The van der Waals surface area contributed by atoms with Crippen LogP contribution in [0.25, 0.3) is 5.69 Å². The largest absolute Gasteiger partial charge is 0.469 e. The average Bonchev–Trinajstić information content (AvgIpc) is 3.44. The molecule has 5 heterocycles. The van der Waals surface area contributed by atoms with Crippen LogP contribution in [0.3, 0.4) is 0 Å². The molecule has 0 amide bonds. The summed E-state index contributed by atoms with van der Waals surface area (Å²) >= 11 is 0. The number of halogens is 2. The molecule has 42 heavy (non-hydrogen) atoms. The minimum absolute atomic E-state index is 0.126. The molecule has 0 aliphatic carbocycles. The summed E-state index contributed by atoms with van der Waals surface area (Å²) in [5.41, 5.74) is 4.91. The highest BCUT2D eigenvalue weighted by Gasteiger charge is 2.65. The fourth-order valence-electron chi connectivity index (χ4n) is 6.94. The quantitative estimate of drug-likeness (QED) is 0.378. The van der Waals surface area contributed by atoms with E-state index in [-0.39, 0.29) is 24.9 Å². The normalized spacial score (nSPS) is 20.1. The van der Waals surface area contributed by atoms with E-state index in [4.69, 9.17) is 9.72 Å². The Balaban J connectivity index is 1.11. The Hall–Kier alpha value is -3.37. The number of carbonyl (C=O) groups excluding carboxylic acids is 1. The first-order chi connectivity index (χ1) is 20.1. The zero-order valence-corrected chi connectivity index (χ0v) is 24.7. The predicted molar refractivity (Wildman–Crippen MR) is 157 cm³/mol. The van der Waals surface area contributed by atoms with Crippen molar-refractivity contribution in [1.29, 1.82) is 0 Å². The Kier molecular flexibility index (Phi) is 7.78. The molecule has 2 aromatic heterocycles. The molecule has 3 aliphatic heterocycles. The maximum atomic E-state index is 15.5. The number of carbonyl (C=O) groups is 1. The van der Waals surface area contributed by atoms with Gasteiger partial charge in [0.1, 0.15) is 5.82 Å². The number of likely N-dealkylation sites (tertiary alicyclic amines) is 2. The lowest BCUT2D eigenvalue weighted by atomic mass is 9.76. The van der Waals surface area contributed by atoms with E-state index < -0.39 is 11.3 Å². The van der Waals surface area contributed by atoms with Gasteiger partial charge in [0.2, 0.25) is 0 Å². The first-order valence-electron chi connectivity index (χ1n) is 14.9. The number of anilines is 1. The first-order valence-corrected chi connectivity index (χ1v) is 14.9. The SMILES string of the molecule is COC(=O)C[C@H](CN1CC(F)(F)C2(C1)CN(CCc1ccc3c(n1)NCCC3)C2)c1cccc(-n2nc(C)cc2C)c1. The number of benzene rings is 1. The smallest absolute Gasteiger partial charge is 0.306 e. The molecule has 8 nitrogen and oxygen atoms in total. The zero-order chi connectivity index (χ0) is 29.5. The summed E-state index contributed by atoms with van der Waals surface area (Å²) in [5, 5.41) is 7.95. The minimum atomic E-state index is -2.79. The van der Waals surface area contributed by atoms with E-state index in [9.17, 15) is 4.79 Å². The van der Waals surface area contributed by atoms with Crippen LogP contribution in [0.5, 0.6) is 0 Å². The summed E-state index contributed by atoms with van der Waals surface area (Å²) in [5.74, 6) is -2.45. The fraction of sp³-hybridized carbons (Fsp3) is 0.531. The van der Waals surface area contributed by atoms with Gasteiger partial charge in [-0.05, 0) is 62.1 Å². The number of pyridine rings is 1. The topological polar surface area (TPSA) is 75.5 Å². The average molecular weight is 579 g/mol. The van der Waals surface area contributed by atoms with Crippen molar-refractivity contribution >= 4 is 11.8 Å². The second-order valence-corrected chi connectivity index (χ2v) is 12.4. The number of hydrogen-bond donors (Lipinski definition) is 1. The molecule has 10 heteroatoms. The number of methoxy groups -OCH3 is 1. The minimum Gasteiger partial charge on any atom is -0.469 e. The van der Waals surface area contributed by atoms with Gasteiger partial charge in [0.25, 0.3) is 5.92 Å². The van der Waals surface area contributed by atoms with Gasteiger partial charge in [-0.25, -0.2) is 18.4 Å². The number of nitrogens with zero attached hydrogens (tertiary/aromatic N) is 5. The maximum absolute atomic E-state index is 15.5. The number of rotatable bonds is 9. The van der Waals surface area contributed by atoms with E-state index in [0.29, 0.717) is 32.7 Å². The van der Waals surface area contributed by atoms with Gasteiger partial charge in [0.15, 0.2) is 0 Å². The number of aryl methyl sites for hydroxylation is 3. The van der Waals surface area contributed by atoms with Crippen molar-refractivity contribution in [1.82, 2.24) is 24.6 Å². The van der Waals surface area contributed by atoms with E-state index in [1.54, 1.807) is 0 Å². The Morgan fingerprint density at radius 2 is 1.90 bits per heavy atom. The molecule has 6 rings (SSSR count). The molecule has 1 aromatic carbocycles. The standard InChI is InChI=1S/C32H40F2N6O2/c1-22-14-23(2)40(37-22)28-8-4-6-25(15-28)26(16-29(41)42-3)17-39-20-31(32(33,34)21-39)18-38(19-31)13-11-27-10-9-24-7-5-12-35-30(24)36-27/h4,6,8-10,14-15,26H,5,7,11-13,16-21H2,1-3H3,(H,35,36)/t26-/m1/s1. The van der Waals surface area contributed by atoms with Crippen molar-refractivity contribution in [3.8, 4) is 5.69 Å². The molecule has 3 aromatic rings. The van der Waals surface area contributed by atoms with Crippen LogP contribution in [0.4, 0.5) is 14.6 Å². The van der Waals surface area contributed by atoms with Crippen molar-refractivity contribution in [3.05, 3.63) is 70.7 Å². The third kappa shape index (κ3) is 5.66. The lowest BCUT2D eigenvalue weighted by Crippen LogP contribution is -2.64. The molecule has 1 spiro atoms. The van der Waals surface area contributed by atoms with E-state index in [0.717, 1.165) is 60.0 Å². The van der Waals surface area contributed by atoms with Crippen molar-refractivity contribution in [2.24, 2.45) is 5.41 Å². The van der Waals surface area contributed by atoms with E-state index in [1.165, 1.54) is 12.7 Å². The monoisotopic (exact) mass is 578 g/mol. The van der Waals surface area contributed by atoms with Crippen LogP contribution in [0.1, 0.15) is 47.0 Å². The Morgan fingerprint density at radius 3 is 2.67 bits per heavy atom. The third-order valence-electron chi connectivity index (χ3n) is 9.13. The van der Waals surface area contributed by atoms with Crippen molar-refractivity contribution in [2.75, 3.05) is 58.2 Å². The van der Waals surface area contributed by atoms with Crippen LogP contribution in [0, 0.1) is 19.3 Å². The summed E-state index contributed by atoms with van der Waals surface area (Å²) in [6.07, 6.45) is 3.04. The number of ether oxygens (including phenoxy) is 1. The molecular formula is C32H40F2N6O2. The number of fused-ring (bicyclic) bond motifs is 1. The molecule has 0 radical (unpaired) electrons. The summed E-state index contributed by atoms with van der Waals surface area (Å²) in [7, 11) is 1.36. The molecule has 0 bridgehead atoms. The van der Waals surface area contributed by atoms with E-state index >= 15 is 8.78 Å². The fourth-order valence-corrected chi connectivity index (χ4v) is 6.94. The number of hydrogen-bond acceptors (Lipinski definition) is 7. The van der Waals surface area contributed by atoms with Crippen LogP contribution in [-0.4, -0.2) is 89.4 Å². The molecule has 0 unspecified atom stereocenters. The van der Waals surface area contributed by atoms with Crippen LogP contribution in [0.2, 0.25) is 0 Å². The summed E-state index contributed by atoms with van der Waals surface area (Å²) in [4.78, 5) is 21.1. The predicted octanol–water partition coefficient (Wildman–Crippen LogP) is 4.38. The Bertz CT molecular complexity index is 1450. The van der Waals surface area contributed by atoms with Crippen molar-refractivity contribution in [3.63, 3.8) is 0 Å². The second-order valence-electron chi connectivity index (χ2n) is 12.4. The summed E-state index contributed by atoms with van der Waals surface area (Å²) < 4.78 is 37.9. The Labute approximate surface area is 246 Å². The zero-order valence-electron chi connectivity index (χ0n) is 24.7. The first kappa shape index (κ1) is 28.7. The van der Waals surface area contributed by atoms with Gasteiger partial charge in [-0.2, -0.15) is 5.10 Å². The van der Waals surface area contributed by atoms with Gasteiger partial charge in [0, 0.05) is 63.0 Å². The third-order valence-corrected chi connectivity index (χ3v) is 9.13. The maximum Gasteiger partial charge on any atom is 0.306 e. The number of alkyl halides is 2. The van der Waals surface area contributed by atoms with E-state index in [2.05, 4.69) is 27.4 Å². The molecule has 1 atom stereocenters. The van der Waals surface area contributed by atoms with Crippen molar-refractivity contribution in [2.45, 2.75) is 51.4 Å². The molecule has 2 fully saturated rings. The van der Waals surface area contributed by atoms with Gasteiger partial charge in [-0.1, -0.05) is 18.2 Å². The summed E-state index contributed by atoms with van der Waals surface area (Å²) in [6.45, 7) is 6.71. The number of nitrogens with one attached hydrogen (secondary N) is 1. The van der Waals surface area contributed by atoms with Crippen LogP contribution < -0.4 is 5.32 Å². The number of aromatic nitrogens is 3. The van der Waals surface area contributed by atoms with Gasteiger partial charge in [-0.15, -0.1) is 0 Å². The van der Waals surface area contributed by atoms with Gasteiger partial charge < -0.3 is 15.0 Å². The van der Waals surface area contributed by atoms with Crippen molar-refractivity contribution < 1.29 is 18.3 Å². The van der Waals surface area contributed by atoms with Gasteiger partial charge >= 0.3 is 5.97 Å². The highest BCUT2D eigenvalue weighted by Crippen LogP contribution is 2.50. The molecule has 2 saturated heterocycles. The molecular weight excluding hydrogens is 538 g/mol. The second kappa shape index (κ2) is 11.4. The van der Waals surface area contributed by atoms with Gasteiger partial charge in [0.05, 0.1) is 36.9 Å². The molecule has 224 valence electrons. The van der Waals surface area contributed by atoms with E-state index in [1.807, 2.05) is 53.8 Å². The summed E-state index contributed by atoms with van der Waals surface area (Å²) in [6, 6.07) is 14.1. The molecule has 1 N–H and O–H groups in total. The highest BCUT2D eigenvalue weighted by atomic mass is 19.3. The highest BCUT2D eigenvalue weighted by molar-refractivity contribution is 5.70. The Morgan fingerprint density at radius 1 is 1.10 bits per heavy atom.